The maximum atomic E-state index is 15.0. The fourth-order valence-corrected chi connectivity index (χ4v) is 4.19. The number of nitrogens with zero attached hydrogens (tertiary/aromatic N) is 2. The van der Waals surface area contributed by atoms with Crippen molar-refractivity contribution in [1.82, 2.24) is 4.57 Å². The minimum absolute atomic E-state index is 0.00941. The van der Waals surface area contributed by atoms with Crippen molar-refractivity contribution in [3.63, 3.8) is 0 Å². The maximum absolute atomic E-state index is 15.0. The van der Waals surface area contributed by atoms with E-state index in [0.29, 0.717) is 30.1 Å². The fourth-order valence-electron chi connectivity index (χ4n) is 4.19. The van der Waals surface area contributed by atoms with Gasteiger partial charge in [-0.15, -0.1) is 0 Å². The molecule has 0 spiro atoms. The topological polar surface area (TPSA) is 107 Å². The average molecular weight is 375 g/mol. The molecule has 0 bridgehead atoms. The SMILES string of the molecule is NC1C[C@H]2COc3c(c(F)cc4c(=O)c(OC(=O)O)cn(C5CC5)c34)N2C1. The number of aromatic nitrogens is 1. The van der Waals surface area contributed by atoms with E-state index in [1.807, 2.05) is 4.90 Å². The van der Waals surface area contributed by atoms with Crippen LogP contribution in [0.4, 0.5) is 14.9 Å². The van der Waals surface area contributed by atoms with E-state index in [-0.39, 0.29) is 29.3 Å². The van der Waals surface area contributed by atoms with Crippen molar-refractivity contribution < 1.29 is 23.8 Å². The van der Waals surface area contributed by atoms with Crippen LogP contribution in [0.15, 0.2) is 17.1 Å². The van der Waals surface area contributed by atoms with Crippen molar-refractivity contribution in [1.29, 1.82) is 0 Å². The van der Waals surface area contributed by atoms with Gasteiger partial charge < -0.3 is 29.8 Å². The zero-order valence-corrected chi connectivity index (χ0v) is 14.4. The molecule has 9 heteroatoms. The van der Waals surface area contributed by atoms with E-state index in [1.165, 1.54) is 6.20 Å². The number of carboxylic acid groups (broad SMARTS) is 1. The number of fused-ring (bicyclic) bond motifs is 5. The first kappa shape index (κ1) is 16.4. The normalized spacial score (nSPS) is 23.7. The lowest BCUT2D eigenvalue weighted by Crippen LogP contribution is -2.39. The molecule has 1 unspecified atom stereocenters. The van der Waals surface area contributed by atoms with E-state index in [2.05, 4.69) is 4.74 Å². The molecule has 2 aromatic rings. The van der Waals surface area contributed by atoms with Crippen molar-refractivity contribution in [2.75, 3.05) is 18.1 Å². The first-order chi connectivity index (χ1) is 12.9. The van der Waals surface area contributed by atoms with E-state index in [0.717, 1.165) is 25.3 Å². The van der Waals surface area contributed by atoms with E-state index in [1.54, 1.807) is 4.57 Å². The molecule has 0 amide bonds. The molecule has 3 N–H and O–H groups in total. The lowest BCUT2D eigenvalue weighted by molar-refractivity contribution is 0.143. The molecule has 3 heterocycles. The van der Waals surface area contributed by atoms with E-state index in [4.69, 9.17) is 15.6 Å². The third-order valence-electron chi connectivity index (χ3n) is 5.46. The second-order valence-corrected chi connectivity index (χ2v) is 7.37. The highest BCUT2D eigenvalue weighted by atomic mass is 19.1. The number of rotatable bonds is 2. The van der Waals surface area contributed by atoms with Crippen LogP contribution in [0.1, 0.15) is 25.3 Å². The molecule has 1 aromatic heterocycles. The molecular formula is C18H18FN3O5. The summed E-state index contributed by atoms with van der Waals surface area (Å²) >= 11 is 0. The van der Waals surface area contributed by atoms with Gasteiger partial charge in [0.15, 0.2) is 17.3 Å². The van der Waals surface area contributed by atoms with Crippen molar-refractivity contribution >= 4 is 22.7 Å². The molecule has 2 atom stereocenters. The Hall–Kier alpha value is -2.81. The van der Waals surface area contributed by atoms with Gasteiger partial charge in [-0.25, -0.2) is 9.18 Å². The summed E-state index contributed by atoms with van der Waals surface area (Å²) in [6, 6.07) is 1.20. The zero-order valence-electron chi connectivity index (χ0n) is 14.4. The monoisotopic (exact) mass is 375 g/mol. The summed E-state index contributed by atoms with van der Waals surface area (Å²) in [6.07, 6.45) is 2.29. The minimum atomic E-state index is -1.59. The Morgan fingerprint density at radius 2 is 2.15 bits per heavy atom. The number of anilines is 1. The third kappa shape index (κ3) is 2.45. The number of pyridine rings is 1. The highest BCUT2D eigenvalue weighted by Gasteiger charge is 2.40. The van der Waals surface area contributed by atoms with Crippen molar-refractivity contribution in [3.05, 3.63) is 28.3 Å². The number of nitrogens with two attached hydrogens (primary N) is 1. The average Bonchev–Trinajstić information content (AvgIpc) is 3.37. The molecule has 1 saturated heterocycles. The Bertz CT molecular complexity index is 1030. The van der Waals surface area contributed by atoms with Crippen LogP contribution in [0, 0.1) is 5.82 Å². The van der Waals surface area contributed by atoms with Crippen molar-refractivity contribution in [2.45, 2.75) is 37.4 Å². The number of carbonyl (C=O) groups is 1. The van der Waals surface area contributed by atoms with Gasteiger partial charge in [-0.2, -0.15) is 0 Å². The summed E-state index contributed by atoms with van der Waals surface area (Å²) in [5.41, 5.74) is 6.18. The molecule has 2 fully saturated rings. The molecule has 1 aromatic carbocycles. The Balaban J connectivity index is 1.80. The summed E-state index contributed by atoms with van der Waals surface area (Å²) in [4.78, 5) is 25.6. The summed E-state index contributed by atoms with van der Waals surface area (Å²) < 4.78 is 27.4. The predicted octanol–water partition coefficient (Wildman–Crippen LogP) is 1.83. The number of halogens is 1. The van der Waals surface area contributed by atoms with Crippen LogP contribution >= 0.6 is 0 Å². The molecule has 1 saturated carbocycles. The molecule has 0 radical (unpaired) electrons. The molecule has 3 aliphatic rings. The standard InChI is InChI=1S/C18H18FN3O5/c19-12-4-11-14(17-15(12)21-5-8(20)3-10(21)7-26-17)22(9-1-2-9)6-13(16(11)23)27-18(24)25/h4,6,8-10H,1-3,5,7,20H2,(H,24,25)/t8?,10-/m0/s1. The van der Waals surface area contributed by atoms with Crippen LogP contribution < -0.4 is 25.5 Å². The lowest BCUT2D eigenvalue weighted by Gasteiger charge is -2.34. The largest absolute Gasteiger partial charge is 0.511 e. The predicted molar refractivity (Wildman–Crippen MR) is 94.3 cm³/mol. The summed E-state index contributed by atoms with van der Waals surface area (Å²) in [6.45, 7) is 0.892. The molecule has 27 heavy (non-hydrogen) atoms. The van der Waals surface area contributed by atoms with Gasteiger partial charge in [0.2, 0.25) is 5.43 Å². The highest BCUT2D eigenvalue weighted by Crippen LogP contribution is 2.47. The van der Waals surface area contributed by atoms with E-state index in [9.17, 15) is 9.59 Å². The molecular weight excluding hydrogens is 357 g/mol. The Labute approximate surface area is 152 Å². The van der Waals surface area contributed by atoms with Gasteiger partial charge in [0.25, 0.3) is 0 Å². The smallest absolute Gasteiger partial charge is 0.487 e. The van der Waals surface area contributed by atoms with Crippen LogP contribution in [0.3, 0.4) is 0 Å². The van der Waals surface area contributed by atoms with Crippen molar-refractivity contribution in [2.24, 2.45) is 5.73 Å². The Morgan fingerprint density at radius 3 is 2.85 bits per heavy atom. The first-order valence-corrected chi connectivity index (χ1v) is 8.91. The Morgan fingerprint density at radius 1 is 1.37 bits per heavy atom. The Kier molecular flexibility index (Phi) is 3.39. The number of ether oxygens (including phenoxy) is 2. The molecule has 5 rings (SSSR count). The van der Waals surface area contributed by atoms with Gasteiger partial charge in [0, 0.05) is 18.6 Å². The van der Waals surface area contributed by atoms with Crippen LogP contribution in [0.25, 0.3) is 10.9 Å². The second kappa shape index (κ2) is 5.59. The molecule has 1 aliphatic carbocycles. The van der Waals surface area contributed by atoms with E-state index < -0.39 is 17.4 Å². The van der Waals surface area contributed by atoms with Crippen LogP contribution in [-0.4, -0.2) is 41.1 Å². The maximum Gasteiger partial charge on any atom is 0.511 e. The number of hydrogen-bond acceptors (Lipinski definition) is 6. The number of hydrogen-bond donors (Lipinski definition) is 2. The lowest BCUT2D eigenvalue weighted by atomic mass is 10.1. The van der Waals surface area contributed by atoms with Crippen LogP contribution in [0.5, 0.6) is 11.5 Å². The van der Waals surface area contributed by atoms with Gasteiger partial charge in [0.05, 0.1) is 23.1 Å². The highest BCUT2D eigenvalue weighted by molar-refractivity contribution is 5.93. The minimum Gasteiger partial charge on any atom is -0.487 e. The van der Waals surface area contributed by atoms with E-state index >= 15 is 4.39 Å². The summed E-state index contributed by atoms with van der Waals surface area (Å²) in [5, 5.41) is 8.95. The van der Waals surface area contributed by atoms with Gasteiger partial charge in [-0.05, 0) is 25.3 Å². The van der Waals surface area contributed by atoms with Gasteiger partial charge >= 0.3 is 6.16 Å². The first-order valence-electron chi connectivity index (χ1n) is 8.91. The zero-order chi connectivity index (χ0) is 18.9. The molecule has 8 nitrogen and oxygen atoms in total. The van der Waals surface area contributed by atoms with Gasteiger partial charge in [0.1, 0.15) is 12.3 Å². The number of benzene rings is 1. The second-order valence-electron chi connectivity index (χ2n) is 7.37. The van der Waals surface area contributed by atoms with Crippen LogP contribution in [-0.2, 0) is 0 Å². The fraction of sp³-hybridized carbons (Fsp3) is 0.444. The quantitative estimate of drug-likeness (QED) is 0.771. The van der Waals surface area contributed by atoms with Gasteiger partial charge in [-0.3, -0.25) is 4.79 Å². The molecule has 2 aliphatic heterocycles. The van der Waals surface area contributed by atoms with Crippen molar-refractivity contribution in [3.8, 4) is 11.5 Å². The van der Waals surface area contributed by atoms with Crippen LogP contribution in [0.2, 0.25) is 0 Å². The molecule has 142 valence electrons. The summed E-state index contributed by atoms with van der Waals surface area (Å²) in [7, 11) is 0. The summed E-state index contributed by atoms with van der Waals surface area (Å²) in [5.74, 6) is -0.595. The third-order valence-corrected chi connectivity index (χ3v) is 5.46. The van der Waals surface area contributed by atoms with Gasteiger partial charge in [-0.1, -0.05) is 0 Å².